The molecule has 3 nitrogen and oxygen atoms in total. The van der Waals surface area contributed by atoms with Gasteiger partial charge >= 0.3 is 0 Å². The highest BCUT2D eigenvalue weighted by Gasteiger charge is 2.20. The van der Waals surface area contributed by atoms with Gasteiger partial charge in [-0.05, 0) is 12.1 Å². The van der Waals surface area contributed by atoms with Gasteiger partial charge in [-0.1, -0.05) is 18.9 Å². The number of rotatable bonds is 3. The van der Waals surface area contributed by atoms with Crippen LogP contribution in [0.5, 0.6) is 0 Å². The van der Waals surface area contributed by atoms with Crippen molar-refractivity contribution in [2.24, 2.45) is 0 Å². The van der Waals surface area contributed by atoms with Crippen molar-refractivity contribution in [1.29, 1.82) is 0 Å². The molecular weight excluding hydrogens is 248 g/mol. The average molecular weight is 261 g/mol. The van der Waals surface area contributed by atoms with Crippen molar-refractivity contribution in [3.05, 3.63) is 35.7 Å². The molecule has 98 valence electrons. The minimum atomic E-state index is -0.695. The third-order valence-corrected chi connectivity index (χ3v) is 2.85. The molecule has 2 N–H and O–H groups in total. The van der Waals surface area contributed by atoms with Gasteiger partial charge in [0.15, 0.2) is 0 Å². The Hall–Kier alpha value is -2.35. The molecule has 0 bridgehead atoms. The maximum atomic E-state index is 13.8. The summed E-state index contributed by atoms with van der Waals surface area (Å²) in [5.41, 5.74) is 5.79. The van der Waals surface area contributed by atoms with Crippen LogP contribution in [0.4, 0.5) is 14.6 Å². The van der Waals surface area contributed by atoms with Crippen molar-refractivity contribution in [2.75, 3.05) is 5.73 Å². The third-order valence-electron chi connectivity index (χ3n) is 2.85. The highest BCUT2D eigenvalue weighted by atomic mass is 19.1. The standard InChI is InChI=1S/C14H13F2N3/c1-3-8-19-11(4-2)18-13(14(19)17)12-9(15)6-5-7-10(12)16/h1,5-7H,4,8,17H2,2H3. The van der Waals surface area contributed by atoms with Crippen molar-refractivity contribution in [3.8, 4) is 23.6 Å². The van der Waals surface area contributed by atoms with Crippen LogP contribution in [0.2, 0.25) is 0 Å². The number of imidazole rings is 1. The summed E-state index contributed by atoms with van der Waals surface area (Å²) in [6.07, 6.45) is 5.83. The van der Waals surface area contributed by atoms with E-state index in [0.717, 1.165) is 0 Å². The number of nitrogen functional groups attached to an aromatic ring is 1. The average Bonchev–Trinajstić information content (AvgIpc) is 2.68. The highest BCUT2D eigenvalue weighted by Crippen LogP contribution is 2.30. The van der Waals surface area contributed by atoms with Gasteiger partial charge in [0.05, 0.1) is 12.1 Å². The van der Waals surface area contributed by atoms with Crippen molar-refractivity contribution in [1.82, 2.24) is 9.55 Å². The molecule has 0 amide bonds. The van der Waals surface area contributed by atoms with Crippen molar-refractivity contribution in [3.63, 3.8) is 0 Å². The molecular formula is C14H13F2N3. The summed E-state index contributed by atoms with van der Waals surface area (Å²) in [7, 11) is 0. The van der Waals surface area contributed by atoms with Crippen LogP contribution in [0.1, 0.15) is 12.7 Å². The lowest BCUT2D eigenvalue weighted by molar-refractivity contribution is 0.589. The topological polar surface area (TPSA) is 43.8 Å². The molecule has 1 heterocycles. The predicted octanol–water partition coefficient (Wildman–Crippen LogP) is 2.61. The second-order valence-electron chi connectivity index (χ2n) is 4.00. The van der Waals surface area contributed by atoms with Gasteiger partial charge in [0.25, 0.3) is 0 Å². The fourth-order valence-corrected chi connectivity index (χ4v) is 1.96. The second kappa shape index (κ2) is 5.11. The molecule has 1 aromatic carbocycles. The normalized spacial score (nSPS) is 10.4. The molecule has 0 fully saturated rings. The van der Waals surface area contributed by atoms with E-state index < -0.39 is 11.6 Å². The van der Waals surface area contributed by atoms with Gasteiger partial charge in [-0.2, -0.15) is 0 Å². The SMILES string of the molecule is C#CCn1c(CC)nc(-c2c(F)cccc2F)c1N. The van der Waals surface area contributed by atoms with E-state index in [1.807, 2.05) is 6.92 Å². The quantitative estimate of drug-likeness (QED) is 0.863. The number of benzene rings is 1. The fraction of sp³-hybridized carbons (Fsp3) is 0.214. The van der Waals surface area contributed by atoms with E-state index in [1.54, 1.807) is 4.57 Å². The molecule has 1 aromatic heterocycles. The first-order valence-electron chi connectivity index (χ1n) is 5.82. The Balaban J connectivity index is 2.67. The van der Waals surface area contributed by atoms with Crippen LogP contribution in [-0.2, 0) is 13.0 Å². The van der Waals surface area contributed by atoms with Crippen LogP contribution >= 0.6 is 0 Å². The van der Waals surface area contributed by atoms with Crippen LogP contribution in [0.25, 0.3) is 11.3 Å². The Bertz CT molecular complexity index is 633. The maximum absolute atomic E-state index is 13.8. The monoisotopic (exact) mass is 261 g/mol. The molecule has 0 aliphatic heterocycles. The second-order valence-corrected chi connectivity index (χ2v) is 4.00. The maximum Gasteiger partial charge on any atom is 0.135 e. The molecule has 0 saturated heterocycles. The van der Waals surface area contributed by atoms with Gasteiger partial charge in [-0.3, -0.25) is 0 Å². The Morgan fingerprint density at radius 3 is 2.53 bits per heavy atom. The number of halogens is 2. The lowest BCUT2D eigenvalue weighted by Crippen LogP contribution is -2.05. The minimum absolute atomic E-state index is 0.0997. The molecule has 0 radical (unpaired) electrons. The van der Waals surface area contributed by atoms with Crippen LogP contribution in [0.3, 0.4) is 0 Å². The zero-order valence-corrected chi connectivity index (χ0v) is 10.5. The Morgan fingerprint density at radius 1 is 1.37 bits per heavy atom. The summed E-state index contributed by atoms with van der Waals surface area (Å²) in [6.45, 7) is 2.09. The van der Waals surface area contributed by atoms with Gasteiger partial charge in [0, 0.05) is 6.42 Å². The number of hydrogen-bond acceptors (Lipinski definition) is 2. The Morgan fingerprint density at radius 2 is 2.00 bits per heavy atom. The Labute approximate surface area is 110 Å². The van der Waals surface area contributed by atoms with E-state index in [2.05, 4.69) is 10.9 Å². The zero-order valence-electron chi connectivity index (χ0n) is 10.5. The number of aromatic nitrogens is 2. The molecule has 19 heavy (non-hydrogen) atoms. The van der Waals surface area contributed by atoms with E-state index in [1.165, 1.54) is 18.2 Å². The predicted molar refractivity (Wildman–Crippen MR) is 70.2 cm³/mol. The summed E-state index contributed by atoms with van der Waals surface area (Å²) in [5, 5.41) is 0. The number of terminal acetylenes is 1. The minimum Gasteiger partial charge on any atom is -0.383 e. The fourth-order valence-electron chi connectivity index (χ4n) is 1.96. The number of anilines is 1. The van der Waals surface area contributed by atoms with Crippen LogP contribution in [-0.4, -0.2) is 9.55 Å². The smallest absolute Gasteiger partial charge is 0.135 e. The van der Waals surface area contributed by atoms with Crippen molar-refractivity contribution >= 4 is 5.82 Å². The molecule has 0 aliphatic rings. The van der Waals surface area contributed by atoms with E-state index in [0.29, 0.717) is 12.2 Å². The summed E-state index contributed by atoms with van der Waals surface area (Å²) >= 11 is 0. The Kier molecular flexibility index (Phi) is 3.52. The molecule has 2 aromatic rings. The first-order chi connectivity index (χ1) is 9.10. The van der Waals surface area contributed by atoms with E-state index in [9.17, 15) is 8.78 Å². The van der Waals surface area contributed by atoms with E-state index in [4.69, 9.17) is 12.2 Å². The molecule has 0 saturated carbocycles. The van der Waals surface area contributed by atoms with Crippen LogP contribution < -0.4 is 5.73 Å². The van der Waals surface area contributed by atoms with Crippen molar-refractivity contribution in [2.45, 2.75) is 19.9 Å². The van der Waals surface area contributed by atoms with E-state index in [-0.39, 0.29) is 23.6 Å². The lowest BCUT2D eigenvalue weighted by atomic mass is 10.1. The molecule has 0 atom stereocenters. The van der Waals surface area contributed by atoms with Gasteiger partial charge < -0.3 is 10.3 Å². The van der Waals surface area contributed by atoms with Gasteiger partial charge in [0.1, 0.15) is 29.0 Å². The van der Waals surface area contributed by atoms with Gasteiger partial charge in [-0.25, -0.2) is 13.8 Å². The number of nitrogens with zero attached hydrogens (tertiary/aromatic N) is 2. The first-order valence-corrected chi connectivity index (χ1v) is 5.82. The molecule has 2 rings (SSSR count). The molecule has 5 heteroatoms. The zero-order chi connectivity index (χ0) is 14.0. The summed E-state index contributed by atoms with van der Waals surface area (Å²) in [4.78, 5) is 4.20. The first kappa shape index (κ1) is 13.1. The van der Waals surface area contributed by atoms with E-state index >= 15 is 0 Å². The van der Waals surface area contributed by atoms with Gasteiger partial charge in [-0.15, -0.1) is 6.42 Å². The number of nitrogens with two attached hydrogens (primary N) is 1. The van der Waals surface area contributed by atoms with Crippen molar-refractivity contribution < 1.29 is 8.78 Å². The summed E-state index contributed by atoms with van der Waals surface area (Å²) in [5.74, 6) is 1.84. The molecule has 0 unspecified atom stereocenters. The molecule has 0 spiro atoms. The lowest BCUT2D eigenvalue weighted by Gasteiger charge is -2.05. The third kappa shape index (κ3) is 2.17. The largest absolute Gasteiger partial charge is 0.383 e. The number of hydrogen-bond donors (Lipinski definition) is 1. The molecule has 0 aliphatic carbocycles. The number of aryl methyl sites for hydroxylation is 1. The van der Waals surface area contributed by atoms with Crippen LogP contribution in [0, 0.1) is 24.0 Å². The summed E-state index contributed by atoms with van der Waals surface area (Å²) in [6, 6.07) is 3.64. The van der Waals surface area contributed by atoms with Crippen LogP contribution in [0.15, 0.2) is 18.2 Å². The highest BCUT2D eigenvalue weighted by molar-refractivity contribution is 5.72. The van der Waals surface area contributed by atoms with Gasteiger partial charge in [0.2, 0.25) is 0 Å². The summed E-state index contributed by atoms with van der Waals surface area (Å²) < 4.78 is 29.1.